The van der Waals surface area contributed by atoms with Crippen LogP contribution in [0.15, 0.2) is 18.2 Å². The van der Waals surface area contributed by atoms with Crippen molar-refractivity contribution in [2.75, 3.05) is 11.9 Å². The van der Waals surface area contributed by atoms with E-state index in [4.69, 9.17) is 11.6 Å². The maximum absolute atomic E-state index is 12.2. The van der Waals surface area contributed by atoms with Gasteiger partial charge in [0.1, 0.15) is 17.8 Å². The van der Waals surface area contributed by atoms with Gasteiger partial charge >= 0.3 is 12.6 Å². The largest absolute Gasteiger partial charge is 0.433 e. The van der Waals surface area contributed by atoms with Gasteiger partial charge in [-0.25, -0.2) is 4.79 Å². The number of carbonyl (C=O) groups excluding carboxylic acids is 3. The lowest BCUT2D eigenvalue weighted by Crippen LogP contribution is -2.44. The Morgan fingerprint density at radius 2 is 2.12 bits per heavy atom. The third-order valence-electron chi connectivity index (χ3n) is 3.79. The first-order valence-electron chi connectivity index (χ1n) is 7.34. The van der Waals surface area contributed by atoms with Crippen molar-refractivity contribution in [3.63, 3.8) is 0 Å². The number of anilines is 1. The number of rotatable bonds is 6. The van der Waals surface area contributed by atoms with Gasteiger partial charge in [-0.1, -0.05) is 18.5 Å². The van der Waals surface area contributed by atoms with Crippen LogP contribution in [-0.2, 0) is 9.59 Å². The molecule has 2 rings (SSSR count). The van der Waals surface area contributed by atoms with E-state index in [0.717, 1.165) is 4.90 Å². The molecule has 10 heteroatoms. The number of nitrogens with zero attached hydrogens (tertiary/aromatic N) is 1. The molecule has 1 aromatic carbocycles. The molecule has 1 aliphatic rings. The molecule has 1 heterocycles. The summed E-state index contributed by atoms with van der Waals surface area (Å²) in [7, 11) is 0. The van der Waals surface area contributed by atoms with Gasteiger partial charge in [0.15, 0.2) is 0 Å². The number of hydrogen-bond donors (Lipinski definition) is 2. The van der Waals surface area contributed by atoms with E-state index in [1.165, 1.54) is 18.2 Å². The molecule has 7 nitrogen and oxygen atoms in total. The van der Waals surface area contributed by atoms with E-state index >= 15 is 0 Å². The van der Waals surface area contributed by atoms with Crippen LogP contribution in [0.3, 0.4) is 0 Å². The van der Waals surface area contributed by atoms with Crippen molar-refractivity contribution < 1.29 is 27.9 Å². The van der Waals surface area contributed by atoms with Gasteiger partial charge in [0.2, 0.25) is 5.91 Å². The first-order chi connectivity index (χ1) is 11.7. The molecule has 0 aromatic heterocycles. The first kappa shape index (κ1) is 18.9. The normalized spacial score (nSPS) is 20.0. The molecule has 1 saturated heterocycles. The molecule has 0 aliphatic carbocycles. The van der Waals surface area contributed by atoms with Gasteiger partial charge in [0, 0.05) is 5.69 Å². The minimum Gasteiger partial charge on any atom is -0.433 e. The van der Waals surface area contributed by atoms with Crippen molar-refractivity contribution in [3.05, 3.63) is 23.2 Å². The number of urea groups is 1. The Balaban J connectivity index is 2.02. The van der Waals surface area contributed by atoms with E-state index < -0.39 is 36.5 Å². The van der Waals surface area contributed by atoms with Gasteiger partial charge in [-0.15, -0.1) is 0 Å². The molecule has 0 saturated carbocycles. The lowest BCUT2D eigenvalue weighted by atomic mass is 9.99. The quantitative estimate of drug-likeness (QED) is 0.748. The third kappa shape index (κ3) is 4.16. The lowest BCUT2D eigenvalue weighted by Gasteiger charge is -2.19. The predicted molar refractivity (Wildman–Crippen MR) is 85.7 cm³/mol. The molecule has 25 heavy (non-hydrogen) atoms. The average Bonchev–Trinajstić information content (AvgIpc) is 2.74. The summed E-state index contributed by atoms with van der Waals surface area (Å²) in [4.78, 5) is 36.9. The second kappa shape index (κ2) is 7.22. The number of benzene rings is 1. The smallest absolute Gasteiger partial charge is 0.387 e. The summed E-state index contributed by atoms with van der Waals surface area (Å²) in [6, 6.07) is 3.05. The number of ether oxygens (including phenoxy) is 1. The highest BCUT2D eigenvalue weighted by atomic mass is 35.5. The van der Waals surface area contributed by atoms with Crippen LogP contribution in [-0.4, -0.2) is 41.4 Å². The third-order valence-corrected chi connectivity index (χ3v) is 4.08. The fourth-order valence-corrected chi connectivity index (χ4v) is 2.47. The Morgan fingerprint density at radius 1 is 1.44 bits per heavy atom. The van der Waals surface area contributed by atoms with Gasteiger partial charge < -0.3 is 15.4 Å². The van der Waals surface area contributed by atoms with Crippen LogP contribution in [0.2, 0.25) is 5.02 Å². The number of halogens is 3. The molecule has 2 N–H and O–H groups in total. The molecule has 1 aromatic rings. The summed E-state index contributed by atoms with van der Waals surface area (Å²) in [5, 5.41) is 4.85. The van der Waals surface area contributed by atoms with Crippen molar-refractivity contribution in [2.24, 2.45) is 0 Å². The first-order valence-corrected chi connectivity index (χ1v) is 7.72. The zero-order chi connectivity index (χ0) is 18.8. The van der Waals surface area contributed by atoms with Gasteiger partial charge in [-0.3, -0.25) is 14.5 Å². The Morgan fingerprint density at radius 3 is 2.64 bits per heavy atom. The summed E-state index contributed by atoms with van der Waals surface area (Å²) in [6.45, 7) is -0.183. The van der Waals surface area contributed by atoms with E-state index in [-0.39, 0.29) is 16.5 Å². The number of hydrogen-bond acceptors (Lipinski definition) is 4. The van der Waals surface area contributed by atoms with E-state index in [1.54, 1.807) is 13.8 Å². The van der Waals surface area contributed by atoms with Crippen LogP contribution in [0.5, 0.6) is 5.75 Å². The molecule has 136 valence electrons. The van der Waals surface area contributed by atoms with E-state index in [9.17, 15) is 23.2 Å². The molecule has 4 amide bonds. The topological polar surface area (TPSA) is 87.7 Å². The monoisotopic (exact) mass is 375 g/mol. The molecule has 1 atom stereocenters. The van der Waals surface area contributed by atoms with Crippen LogP contribution < -0.4 is 15.4 Å². The fraction of sp³-hybridized carbons (Fsp3) is 0.400. The molecular formula is C15H16ClF2N3O4. The number of alkyl halides is 2. The van der Waals surface area contributed by atoms with E-state index in [0.29, 0.717) is 6.42 Å². The van der Waals surface area contributed by atoms with Crippen molar-refractivity contribution in [3.8, 4) is 5.75 Å². The Labute approximate surface area is 147 Å². The highest BCUT2D eigenvalue weighted by Crippen LogP contribution is 2.29. The maximum atomic E-state index is 12.2. The number of nitrogens with one attached hydrogen (secondary N) is 2. The summed E-state index contributed by atoms with van der Waals surface area (Å²) < 4.78 is 28.5. The zero-order valence-corrected chi connectivity index (χ0v) is 14.2. The van der Waals surface area contributed by atoms with Gasteiger partial charge in [-0.05, 0) is 31.5 Å². The van der Waals surface area contributed by atoms with E-state index in [1.807, 2.05) is 0 Å². The number of amides is 4. The van der Waals surface area contributed by atoms with Crippen LogP contribution in [0.4, 0.5) is 19.3 Å². The molecule has 0 radical (unpaired) electrons. The molecule has 1 aliphatic heterocycles. The minimum atomic E-state index is -3.02. The summed E-state index contributed by atoms with van der Waals surface area (Å²) in [5.74, 6) is -1.36. The van der Waals surface area contributed by atoms with Gasteiger partial charge in [-0.2, -0.15) is 8.78 Å². The second-order valence-electron chi connectivity index (χ2n) is 5.58. The summed E-state index contributed by atoms with van der Waals surface area (Å²) in [5.41, 5.74) is -0.823. The molecule has 0 bridgehead atoms. The predicted octanol–water partition coefficient (Wildman–Crippen LogP) is 2.60. The van der Waals surface area contributed by atoms with Gasteiger partial charge in [0.05, 0.1) is 5.02 Å². The van der Waals surface area contributed by atoms with Crippen molar-refractivity contribution in [1.82, 2.24) is 10.2 Å². The lowest BCUT2D eigenvalue weighted by molar-refractivity contribution is -0.133. The number of imide groups is 1. The molecular weight excluding hydrogens is 360 g/mol. The maximum Gasteiger partial charge on any atom is 0.387 e. The van der Waals surface area contributed by atoms with Crippen molar-refractivity contribution in [1.29, 1.82) is 0 Å². The Bertz CT molecular complexity index is 716. The zero-order valence-electron chi connectivity index (χ0n) is 13.4. The second-order valence-corrected chi connectivity index (χ2v) is 5.99. The number of carbonyl (C=O) groups is 3. The van der Waals surface area contributed by atoms with Crippen LogP contribution in [0.25, 0.3) is 0 Å². The Hall–Kier alpha value is -2.42. The fourth-order valence-electron chi connectivity index (χ4n) is 2.24. The standard InChI is InChI=1S/C15H16ClF2N3O4/c1-3-15(2)12(23)21(14(24)20-15)7-11(22)19-8-4-5-10(9(16)6-8)25-13(17)18/h4-6,13H,3,7H2,1-2H3,(H,19,22)(H,20,24). The minimum absolute atomic E-state index is 0.119. The highest BCUT2D eigenvalue weighted by molar-refractivity contribution is 6.32. The van der Waals surface area contributed by atoms with Crippen molar-refractivity contribution >= 4 is 35.1 Å². The van der Waals surface area contributed by atoms with Gasteiger partial charge in [0.25, 0.3) is 5.91 Å². The highest BCUT2D eigenvalue weighted by Gasteiger charge is 2.46. The average molecular weight is 376 g/mol. The SMILES string of the molecule is CCC1(C)NC(=O)N(CC(=O)Nc2ccc(OC(F)F)c(Cl)c2)C1=O. The van der Waals surface area contributed by atoms with Crippen molar-refractivity contribution in [2.45, 2.75) is 32.4 Å². The molecule has 1 fully saturated rings. The van der Waals surface area contributed by atoms with E-state index in [2.05, 4.69) is 15.4 Å². The molecule has 1 unspecified atom stereocenters. The Kier molecular flexibility index (Phi) is 5.46. The van der Waals surface area contributed by atoms with Crippen LogP contribution in [0.1, 0.15) is 20.3 Å². The van der Waals surface area contributed by atoms with Crippen LogP contribution in [0, 0.1) is 0 Å². The summed E-state index contributed by atoms with van der Waals surface area (Å²) in [6.07, 6.45) is 0.386. The van der Waals surface area contributed by atoms with Crippen LogP contribution >= 0.6 is 11.6 Å². The summed E-state index contributed by atoms with van der Waals surface area (Å²) >= 11 is 5.79. The molecule has 0 spiro atoms.